The molecule has 1 aliphatic carbocycles. The van der Waals surface area contributed by atoms with Crippen molar-refractivity contribution in [3.63, 3.8) is 0 Å². The molecule has 0 aromatic rings. The predicted molar refractivity (Wildman–Crippen MR) is 70.5 cm³/mol. The molecule has 3 heterocycles. The van der Waals surface area contributed by atoms with Crippen LogP contribution in [-0.4, -0.2) is 94.4 Å². The zero-order valence-corrected chi connectivity index (χ0v) is 13.9. The number of nitrogens with zero attached hydrogens (tertiary/aromatic N) is 2. The summed E-state index contributed by atoms with van der Waals surface area (Å²) in [6.45, 7) is 3.21. The van der Waals surface area contributed by atoms with Gasteiger partial charge in [0.1, 0.15) is 11.8 Å². The number of nitrogens with one attached hydrogen (secondary N) is 1. The number of ether oxygens (including phenoxy) is 2. The van der Waals surface area contributed by atoms with Crippen LogP contribution in [0, 0.1) is 5.92 Å². The third-order valence-electron chi connectivity index (χ3n) is 5.50. The van der Waals surface area contributed by atoms with Gasteiger partial charge in [0.25, 0.3) is 0 Å². The first-order valence-corrected chi connectivity index (χ1v) is 7.57. The fraction of sp³-hybridized carbons (Fsp3) is 1.00. The summed E-state index contributed by atoms with van der Waals surface area (Å²) in [6.07, 6.45) is -1.37. The Morgan fingerprint density at radius 3 is 2.64 bits per heavy atom. The minimum absolute atomic E-state index is 0. The van der Waals surface area contributed by atoms with E-state index in [-0.39, 0.29) is 31.5 Å². The van der Waals surface area contributed by atoms with Gasteiger partial charge in [0.05, 0.1) is 37.4 Å². The van der Waals surface area contributed by atoms with Crippen LogP contribution < -0.4 is 0 Å². The monoisotopic (exact) mass is 402 g/mol. The van der Waals surface area contributed by atoms with Gasteiger partial charge in [-0.2, -0.15) is 5.06 Å². The third kappa shape index (κ3) is 2.30. The van der Waals surface area contributed by atoms with E-state index in [0.29, 0.717) is 26.2 Å². The maximum Gasteiger partial charge on any atom is 1.00 e. The van der Waals surface area contributed by atoms with Crippen LogP contribution in [0.1, 0.15) is 6.42 Å². The Morgan fingerprint density at radius 1 is 1.32 bits per heavy atom. The molecule has 0 bridgehead atoms. The molecule has 1 radical (unpaired) electrons. The number of aliphatic hydroxyl groups is 2. The van der Waals surface area contributed by atoms with Gasteiger partial charge < -0.3 is 35.5 Å². The molecule has 0 spiro atoms. The van der Waals surface area contributed by atoms with Crippen molar-refractivity contribution in [2.45, 2.75) is 42.5 Å². The molecule has 4 N–H and O–H groups in total. The van der Waals surface area contributed by atoms with Gasteiger partial charge in [0, 0.05) is 19.5 Å². The summed E-state index contributed by atoms with van der Waals surface area (Å²) in [5.74, 6) is -0.232. The van der Waals surface area contributed by atoms with Crippen LogP contribution in [0.15, 0.2) is 0 Å². The maximum atomic E-state index is 10.6. The van der Waals surface area contributed by atoms with Gasteiger partial charge in [-0.1, -0.05) is 0 Å². The fourth-order valence-corrected chi connectivity index (χ4v) is 4.21. The summed E-state index contributed by atoms with van der Waals surface area (Å²) in [6, 6.07) is -1.56. The van der Waals surface area contributed by atoms with Crippen molar-refractivity contribution in [3.8, 4) is 0 Å². The van der Waals surface area contributed by atoms with Gasteiger partial charge in [-0.3, -0.25) is 0 Å². The topological polar surface area (TPSA) is 109 Å². The largest absolute Gasteiger partial charge is 1.00 e. The number of hydrogen-bond acceptors (Lipinski definition) is 7. The first-order valence-electron chi connectivity index (χ1n) is 7.57. The number of morpholine rings is 1. The first-order chi connectivity index (χ1) is 10.0. The molecular formula is C13H22N3O5Ru. The van der Waals surface area contributed by atoms with Crippen LogP contribution in [0.3, 0.4) is 0 Å². The zero-order chi connectivity index (χ0) is 14.8. The van der Waals surface area contributed by atoms with Crippen LogP contribution in [0.5, 0.6) is 0 Å². The Kier molecular flexibility index (Phi) is 4.66. The van der Waals surface area contributed by atoms with Crippen molar-refractivity contribution in [2.75, 3.05) is 32.8 Å². The van der Waals surface area contributed by atoms with Gasteiger partial charge in [0.2, 0.25) is 0 Å². The number of piperidine rings is 1. The van der Waals surface area contributed by atoms with E-state index in [9.17, 15) is 15.4 Å². The molecule has 0 aromatic carbocycles. The van der Waals surface area contributed by atoms with E-state index in [4.69, 9.17) is 15.2 Å². The summed E-state index contributed by atoms with van der Waals surface area (Å²) in [7, 11) is 0. The number of aliphatic hydroxyl groups excluding tert-OH is 1. The Bertz CT molecular complexity index is 426. The van der Waals surface area contributed by atoms with Crippen LogP contribution in [-0.2, 0) is 29.0 Å². The fourth-order valence-electron chi connectivity index (χ4n) is 4.21. The molecule has 3 saturated heterocycles. The van der Waals surface area contributed by atoms with Gasteiger partial charge in [-0.15, -0.1) is 6.04 Å². The van der Waals surface area contributed by atoms with E-state index in [1.807, 2.05) is 0 Å². The standard InChI is InChI=1S/C13H22N3O5.Ru/c14-7(6-15-1-3-20-4-2-15)10-11(17)13(18)5-8-9(13)12(21-8)16(10)19;/h7-12,14,17-19H,1-6H2;/q-1;+1. The van der Waals surface area contributed by atoms with E-state index in [0.717, 1.165) is 18.2 Å². The third-order valence-corrected chi connectivity index (χ3v) is 5.50. The molecule has 0 aromatic heterocycles. The second-order valence-electron chi connectivity index (χ2n) is 6.62. The molecule has 1 saturated carbocycles. The average Bonchev–Trinajstić information content (AvgIpc) is 2.43. The molecule has 4 aliphatic rings. The molecule has 3 aliphatic heterocycles. The van der Waals surface area contributed by atoms with E-state index < -0.39 is 30.0 Å². The van der Waals surface area contributed by atoms with Crippen molar-refractivity contribution in [1.29, 1.82) is 0 Å². The average molecular weight is 401 g/mol. The minimum atomic E-state index is -1.21. The van der Waals surface area contributed by atoms with Crippen molar-refractivity contribution >= 4 is 0 Å². The summed E-state index contributed by atoms with van der Waals surface area (Å²) >= 11 is 0. The van der Waals surface area contributed by atoms with Crippen LogP contribution in [0.4, 0.5) is 0 Å². The van der Waals surface area contributed by atoms with Crippen LogP contribution in [0.2, 0.25) is 0 Å². The Labute approximate surface area is 141 Å². The van der Waals surface area contributed by atoms with E-state index >= 15 is 0 Å². The van der Waals surface area contributed by atoms with Crippen molar-refractivity contribution in [3.05, 3.63) is 5.73 Å². The molecule has 7 atom stereocenters. The van der Waals surface area contributed by atoms with Gasteiger partial charge in [-0.05, 0) is 6.54 Å². The minimum Gasteiger partial charge on any atom is -0.672 e. The van der Waals surface area contributed by atoms with E-state index in [1.165, 1.54) is 0 Å². The van der Waals surface area contributed by atoms with Crippen LogP contribution >= 0.6 is 0 Å². The number of rotatable bonds is 3. The first kappa shape index (κ1) is 17.1. The van der Waals surface area contributed by atoms with Gasteiger partial charge in [0.15, 0.2) is 0 Å². The van der Waals surface area contributed by atoms with Crippen molar-refractivity contribution < 1.29 is 44.4 Å². The summed E-state index contributed by atoms with van der Waals surface area (Å²) in [5, 5.41) is 32.2. The molecular weight excluding hydrogens is 379 g/mol. The summed E-state index contributed by atoms with van der Waals surface area (Å²) < 4.78 is 10.8. The van der Waals surface area contributed by atoms with Gasteiger partial charge >= 0.3 is 19.5 Å². The van der Waals surface area contributed by atoms with Crippen LogP contribution in [0.25, 0.3) is 5.73 Å². The van der Waals surface area contributed by atoms with Gasteiger partial charge in [-0.25, -0.2) is 0 Å². The Hall–Kier alpha value is 0.303. The molecule has 0 amide bonds. The molecule has 9 heteroatoms. The number of hydrogen-bond donors (Lipinski definition) is 3. The predicted octanol–water partition coefficient (Wildman–Crippen LogP) is -1.35. The molecule has 127 valence electrons. The second kappa shape index (κ2) is 5.99. The SMILES string of the molecule is [NH-]C(CN1CCOCC1)C1C(O)C2(O)CC3OC(C32)N1O.[Ru+]. The Balaban J connectivity index is 0.00000144. The van der Waals surface area contributed by atoms with Crippen molar-refractivity contribution in [1.82, 2.24) is 9.96 Å². The molecule has 4 fully saturated rings. The normalized spacial score (nSPS) is 49.4. The smallest absolute Gasteiger partial charge is 0.672 e. The molecule has 7 unspecified atom stereocenters. The van der Waals surface area contributed by atoms with Crippen molar-refractivity contribution in [2.24, 2.45) is 5.92 Å². The summed E-state index contributed by atoms with van der Waals surface area (Å²) in [4.78, 5) is 2.09. The summed E-state index contributed by atoms with van der Waals surface area (Å²) in [5.41, 5.74) is 7.12. The Morgan fingerprint density at radius 2 is 2.00 bits per heavy atom. The molecule has 8 nitrogen and oxygen atoms in total. The second-order valence-corrected chi connectivity index (χ2v) is 6.62. The zero-order valence-electron chi connectivity index (χ0n) is 12.1. The quantitative estimate of drug-likeness (QED) is 0.502. The molecule has 4 rings (SSSR count). The molecule has 22 heavy (non-hydrogen) atoms. The van der Waals surface area contributed by atoms with E-state index in [1.54, 1.807) is 0 Å². The maximum absolute atomic E-state index is 10.6. The van der Waals surface area contributed by atoms with E-state index in [2.05, 4.69) is 4.90 Å². The number of hydroxylamine groups is 2.